The van der Waals surface area contributed by atoms with Gasteiger partial charge in [-0.2, -0.15) is 0 Å². The molecule has 0 bridgehead atoms. The zero-order valence-electron chi connectivity index (χ0n) is 14.8. The van der Waals surface area contributed by atoms with Gasteiger partial charge in [-0.15, -0.1) is 0 Å². The molecule has 2 amide bonds. The predicted molar refractivity (Wildman–Crippen MR) is 105 cm³/mol. The first-order valence-electron chi connectivity index (χ1n) is 8.55. The van der Waals surface area contributed by atoms with E-state index in [2.05, 4.69) is 10.9 Å². The molecule has 0 spiro atoms. The summed E-state index contributed by atoms with van der Waals surface area (Å²) >= 11 is 5.98. The van der Waals surface area contributed by atoms with E-state index in [9.17, 15) is 9.59 Å². The Kier molecular flexibility index (Phi) is 5.94. The lowest BCUT2D eigenvalue weighted by Gasteiger charge is -2.16. The van der Waals surface area contributed by atoms with Crippen molar-refractivity contribution in [2.24, 2.45) is 0 Å². The van der Waals surface area contributed by atoms with Crippen molar-refractivity contribution in [3.63, 3.8) is 0 Å². The van der Waals surface area contributed by atoms with E-state index < -0.39 is 5.91 Å². The Hall–Kier alpha value is -3.05. The zero-order valence-corrected chi connectivity index (χ0v) is 15.5. The number of fused-ring (bicyclic) bond motifs is 1. The monoisotopic (exact) mass is 382 g/mol. The van der Waals surface area contributed by atoms with Gasteiger partial charge >= 0.3 is 0 Å². The maximum atomic E-state index is 12.0. The zero-order chi connectivity index (χ0) is 19.2. The minimum Gasteiger partial charge on any atom is -0.488 e. The smallest absolute Gasteiger partial charge is 0.269 e. The molecule has 5 nitrogen and oxygen atoms in total. The summed E-state index contributed by atoms with van der Waals surface area (Å²) in [5, 5.41) is 0.617. The first kappa shape index (κ1) is 18.7. The van der Waals surface area contributed by atoms with Crippen LogP contribution in [0.5, 0.6) is 5.75 Å². The SMILES string of the molecule is CCc1ccc(C(=O)NNC(=O)/C=C/C2=Cc3cc(Cl)ccc3OC2)cc1. The minimum atomic E-state index is -0.439. The Bertz CT molecular complexity index is 918. The van der Waals surface area contributed by atoms with Crippen LogP contribution >= 0.6 is 11.6 Å². The van der Waals surface area contributed by atoms with Crippen LogP contribution in [0.25, 0.3) is 6.08 Å². The number of rotatable bonds is 4. The summed E-state index contributed by atoms with van der Waals surface area (Å²) in [4.78, 5) is 23.9. The Balaban J connectivity index is 1.55. The second-order valence-electron chi connectivity index (χ2n) is 6.02. The van der Waals surface area contributed by atoms with E-state index in [1.54, 1.807) is 30.3 Å². The van der Waals surface area contributed by atoms with E-state index >= 15 is 0 Å². The van der Waals surface area contributed by atoms with E-state index in [1.807, 2.05) is 31.2 Å². The van der Waals surface area contributed by atoms with Crippen LogP contribution in [0.3, 0.4) is 0 Å². The number of benzene rings is 2. The summed E-state index contributed by atoms with van der Waals surface area (Å²) in [7, 11) is 0. The number of carbonyl (C=O) groups is 2. The van der Waals surface area contributed by atoms with Crippen LogP contribution in [0.2, 0.25) is 5.02 Å². The van der Waals surface area contributed by atoms with Crippen LogP contribution in [0, 0.1) is 0 Å². The van der Waals surface area contributed by atoms with Crippen LogP contribution in [-0.4, -0.2) is 18.4 Å². The average molecular weight is 383 g/mol. The summed E-state index contributed by atoms with van der Waals surface area (Å²) in [6, 6.07) is 12.6. The fraction of sp³-hybridized carbons (Fsp3) is 0.143. The van der Waals surface area contributed by atoms with Crippen LogP contribution in [0.1, 0.15) is 28.4 Å². The third-order valence-corrected chi connectivity index (χ3v) is 4.31. The van der Waals surface area contributed by atoms with Crippen molar-refractivity contribution in [1.82, 2.24) is 10.9 Å². The van der Waals surface area contributed by atoms with Crippen molar-refractivity contribution in [1.29, 1.82) is 0 Å². The van der Waals surface area contributed by atoms with Crippen molar-refractivity contribution < 1.29 is 14.3 Å². The highest BCUT2D eigenvalue weighted by Crippen LogP contribution is 2.29. The van der Waals surface area contributed by atoms with Gasteiger partial charge in [0.25, 0.3) is 11.8 Å². The molecule has 3 rings (SSSR count). The molecule has 0 saturated carbocycles. The maximum Gasteiger partial charge on any atom is 0.269 e. The fourth-order valence-corrected chi connectivity index (χ4v) is 2.75. The summed E-state index contributed by atoms with van der Waals surface area (Å²) in [6.45, 7) is 2.40. The number of aryl methyl sites for hydroxylation is 1. The number of halogens is 1. The molecule has 1 heterocycles. The van der Waals surface area contributed by atoms with Gasteiger partial charge in [0.15, 0.2) is 0 Å². The lowest BCUT2D eigenvalue weighted by Crippen LogP contribution is -2.40. The maximum absolute atomic E-state index is 12.0. The largest absolute Gasteiger partial charge is 0.488 e. The molecule has 2 N–H and O–H groups in total. The van der Waals surface area contributed by atoms with Gasteiger partial charge in [0.05, 0.1) is 0 Å². The summed E-state index contributed by atoms with van der Waals surface area (Å²) in [5.74, 6) is -0.0585. The molecule has 0 saturated heterocycles. The number of carbonyl (C=O) groups excluding carboxylic acids is 2. The van der Waals surface area contributed by atoms with Gasteiger partial charge in [-0.25, -0.2) is 0 Å². The second-order valence-corrected chi connectivity index (χ2v) is 6.45. The molecule has 6 heteroatoms. The number of hydrazine groups is 1. The van der Waals surface area contributed by atoms with Crippen molar-refractivity contribution >= 4 is 29.5 Å². The van der Waals surface area contributed by atoms with Gasteiger partial charge in [-0.1, -0.05) is 36.7 Å². The Morgan fingerprint density at radius 3 is 2.67 bits per heavy atom. The molecule has 1 aliphatic rings. The summed E-state index contributed by atoms with van der Waals surface area (Å²) in [6.07, 6.45) is 5.79. The molecule has 0 unspecified atom stereocenters. The minimum absolute atomic E-state index is 0.356. The van der Waals surface area contributed by atoms with Gasteiger partial charge < -0.3 is 4.74 Å². The predicted octanol–water partition coefficient (Wildman–Crippen LogP) is 3.70. The van der Waals surface area contributed by atoms with Gasteiger partial charge in [-0.05, 0) is 54.0 Å². The number of nitrogens with one attached hydrogen (secondary N) is 2. The molecule has 27 heavy (non-hydrogen) atoms. The Morgan fingerprint density at radius 2 is 1.93 bits per heavy atom. The highest BCUT2D eigenvalue weighted by molar-refractivity contribution is 6.30. The standard InChI is InChI=1S/C21H19ClN2O3/c1-2-14-3-6-16(7-4-14)21(26)24-23-20(25)10-5-15-11-17-12-18(22)8-9-19(17)27-13-15/h3-12H,2,13H2,1H3,(H,23,25)(H,24,26)/b10-5+. The first-order valence-corrected chi connectivity index (χ1v) is 8.93. The van der Waals surface area contributed by atoms with E-state index in [-0.39, 0.29) is 5.91 Å². The third kappa shape index (κ3) is 4.99. The van der Waals surface area contributed by atoms with Gasteiger partial charge in [-0.3, -0.25) is 20.4 Å². The lowest BCUT2D eigenvalue weighted by molar-refractivity contribution is -0.117. The summed E-state index contributed by atoms with van der Waals surface area (Å²) in [5.41, 5.74) is 8.05. The van der Waals surface area contributed by atoms with Crippen molar-refractivity contribution in [3.8, 4) is 5.75 Å². The molecule has 0 aromatic heterocycles. The van der Waals surface area contributed by atoms with Crippen LogP contribution in [0.4, 0.5) is 0 Å². The Morgan fingerprint density at radius 1 is 1.15 bits per heavy atom. The van der Waals surface area contributed by atoms with Gasteiger partial charge in [0.1, 0.15) is 12.4 Å². The van der Waals surface area contributed by atoms with E-state index in [1.165, 1.54) is 6.08 Å². The van der Waals surface area contributed by atoms with Crippen molar-refractivity contribution in [3.05, 3.63) is 81.9 Å². The van der Waals surface area contributed by atoms with E-state index in [0.29, 0.717) is 17.2 Å². The van der Waals surface area contributed by atoms with Gasteiger partial charge in [0, 0.05) is 22.2 Å². The van der Waals surface area contributed by atoms with Gasteiger partial charge in [0.2, 0.25) is 0 Å². The topological polar surface area (TPSA) is 67.4 Å². The number of hydrogen-bond acceptors (Lipinski definition) is 3. The normalized spacial score (nSPS) is 12.7. The quantitative estimate of drug-likeness (QED) is 0.626. The average Bonchev–Trinajstić information content (AvgIpc) is 2.70. The molecular formula is C21H19ClN2O3. The van der Waals surface area contributed by atoms with E-state index in [4.69, 9.17) is 16.3 Å². The molecule has 0 atom stereocenters. The molecule has 2 aromatic rings. The molecular weight excluding hydrogens is 364 g/mol. The highest BCUT2D eigenvalue weighted by atomic mass is 35.5. The number of ether oxygens (including phenoxy) is 1. The number of hydrogen-bond donors (Lipinski definition) is 2. The Labute approximate surface area is 162 Å². The highest BCUT2D eigenvalue weighted by Gasteiger charge is 2.10. The van der Waals surface area contributed by atoms with E-state index in [0.717, 1.165) is 28.9 Å². The molecule has 138 valence electrons. The summed E-state index contributed by atoms with van der Waals surface area (Å²) < 4.78 is 5.62. The first-order chi connectivity index (χ1) is 13.0. The lowest BCUT2D eigenvalue weighted by atomic mass is 10.1. The fourth-order valence-electron chi connectivity index (χ4n) is 2.57. The second kappa shape index (κ2) is 8.56. The van der Waals surface area contributed by atoms with Crippen molar-refractivity contribution in [2.45, 2.75) is 13.3 Å². The van der Waals surface area contributed by atoms with Crippen molar-refractivity contribution in [2.75, 3.05) is 6.61 Å². The van der Waals surface area contributed by atoms with Crippen LogP contribution in [0.15, 0.2) is 60.2 Å². The molecule has 0 radical (unpaired) electrons. The molecule has 0 fully saturated rings. The third-order valence-electron chi connectivity index (χ3n) is 4.08. The molecule has 1 aliphatic heterocycles. The molecule has 0 aliphatic carbocycles. The van der Waals surface area contributed by atoms with Crippen LogP contribution in [-0.2, 0) is 11.2 Å². The number of amides is 2. The molecule has 2 aromatic carbocycles. The van der Waals surface area contributed by atoms with Crippen LogP contribution < -0.4 is 15.6 Å².